The minimum atomic E-state index is -3.13. The van der Waals surface area contributed by atoms with Crippen molar-refractivity contribution >= 4 is 9.84 Å². The second-order valence-corrected chi connectivity index (χ2v) is 7.75. The van der Waals surface area contributed by atoms with Gasteiger partial charge in [0.2, 0.25) is 0 Å². The van der Waals surface area contributed by atoms with Crippen LogP contribution in [0.3, 0.4) is 0 Å². The normalized spacial score (nSPS) is 11.7. The van der Waals surface area contributed by atoms with Crippen LogP contribution in [0.5, 0.6) is 0 Å². The molecule has 0 unspecified atom stereocenters. The number of rotatable bonds is 11. The van der Waals surface area contributed by atoms with Crippen molar-refractivity contribution in [2.24, 2.45) is 5.73 Å². The van der Waals surface area contributed by atoms with E-state index in [-0.39, 0.29) is 5.75 Å². The number of unbranched alkanes of at least 4 members (excludes halogenated alkanes) is 7. The molecule has 0 saturated carbocycles. The topological polar surface area (TPSA) is 60.2 Å². The van der Waals surface area contributed by atoms with E-state index in [2.05, 4.69) is 6.92 Å². The Morgan fingerprint density at radius 1 is 0.857 bits per heavy atom. The molecular formula is C17H29NO2S. The van der Waals surface area contributed by atoms with Crippen LogP contribution in [0.4, 0.5) is 0 Å². The largest absolute Gasteiger partial charge is 0.326 e. The maximum absolute atomic E-state index is 12.2. The molecule has 0 aromatic heterocycles. The maximum atomic E-state index is 12.2. The molecule has 0 saturated heterocycles. The average Bonchev–Trinajstić information content (AvgIpc) is 2.50. The lowest BCUT2D eigenvalue weighted by Crippen LogP contribution is -2.07. The molecule has 0 bridgehead atoms. The van der Waals surface area contributed by atoms with Gasteiger partial charge in [0.15, 0.2) is 9.84 Å². The third-order valence-electron chi connectivity index (χ3n) is 3.78. The summed E-state index contributed by atoms with van der Waals surface area (Å²) in [5.74, 6) is 0.254. The monoisotopic (exact) mass is 311 g/mol. The molecule has 2 N–H and O–H groups in total. The van der Waals surface area contributed by atoms with Crippen LogP contribution in [0.25, 0.3) is 0 Å². The number of hydrogen-bond acceptors (Lipinski definition) is 3. The van der Waals surface area contributed by atoms with E-state index in [1.165, 1.54) is 32.1 Å². The summed E-state index contributed by atoms with van der Waals surface area (Å²) in [6, 6.07) is 6.92. The first-order chi connectivity index (χ1) is 10.1. The molecule has 0 heterocycles. The summed E-state index contributed by atoms with van der Waals surface area (Å²) in [4.78, 5) is 0.419. The number of sulfone groups is 1. The first-order valence-electron chi connectivity index (χ1n) is 8.12. The Hall–Kier alpha value is -0.870. The predicted octanol–water partition coefficient (Wildman–Crippen LogP) is 4.06. The highest BCUT2D eigenvalue weighted by atomic mass is 32.2. The summed E-state index contributed by atoms with van der Waals surface area (Å²) in [6.07, 6.45) is 9.30. The fraction of sp³-hybridized carbons (Fsp3) is 0.647. The van der Waals surface area contributed by atoms with Gasteiger partial charge < -0.3 is 5.73 Å². The molecule has 0 amide bonds. The fourth-order valence-corrected chi connectivity index (χ4v) is 3.75. The van der Waals surface area contributed by atoms with Gasteiger partial charge in [0.05, 0.1) is 10.6 Å². The van der Waals surface area contributed by atoms with Crippen LogP contribution in [0.2, 0.25) is 0 Å². The highest BCUT2D eigenvalue weighted by Crippen LogP contribution is 2.15. The van der Waals surface area contributed by atoms with Gasteiger partial charge in [-0.25, -0.2) is 8.42 Å². The van der Waals surface area contributed by atoms with Crippen LogP contribution in [0.15, 0.2) is 29.2 Å². The summed E-state index contributed by atoms with van der Waals surface area (Å²) in [6.45, 7) is 2.66. The molecule has 0 aliphatic carbocycles. The van der Waals surface area contributed by atoms with Crippen LogP contribution in [-0.4, -0.2) is 14.2 Å². The van der Waals surface area contributed by atoms with E-state index in [4.69, 9.17) is 5.73 Å². The summed E-state index contributed by atoms with van der Waals surface area (Å²) in [7, 11) is -3.13. The van der Waals surface area contributed by atoms with Gasteiger partial charge in [0, 0.05) is 6.54 Å². The summed E-state index contributed by atoms with van der Waals surface area (Å²) < 4.78 is 24.3. The SMILES string of the molecule is CCCCCCCCCCS(=O)(=O)c1ccc(CN)cc1. The van der Waals surface area contributed by atoms with Gasteiger partial charge in [-0.2, -0.15) is 0 Å². The van der Waals surface area contributed by atoms with Crippen LogP contribution < -0.4 is 5.73 Å². The van der Waals surface area contributed by atoms with E-state index >= 15 is 0 Å². The van der Waals surface area contributed by atoms with Gasteiger partial charge in [-0.3, -0.25) is 0 Å². The van der Waals surface area contributed by atoms with Crippen molar-refractivity contribution in [1.82, 2.24) is 0 Å². The van der Waals surface area contributed by atoms with E-state index in [9.17, 15) is 8.42 Å². The molecule has 0 aliphatic rings. The quantitative estimate of drug-likeness (QED) is 0.627. The Morgan fingerprint density at radius 3 is 1.90 bits per heavy atom. The van der Waals surface area contributed by atoms with Gasteiger partial charge in [-0.05, 0) is 24.1 Å². The van der Waals surface area contributed by atoms with Gasteiger partial charge in [0.1, 0.15) is 0 Å². The Kier molecular flexibility index (Phi) is 8.62. The molecule has 0 spiro atoms. The lowest BCUT2D eigenvalue weighted by Gasteiger charge is -2.06. The van der Waals surface area contributed by atoms with E-state index in [1.807, 2.05) is 0 Å². The van der Waals surface area contributed by atoms with Crippen molar-refractivity contribution in [2.75, 3.05) is 5.75 Å². The van der Waals surface area contributed by atoms with Crippen LogP contribution in [-0.2, 0) is 16.4 Å². The van der Waals surface area contributed by atoms with Gasteiger partial charge in [0.25, 0.3) is 0 Å². The second kappa shape index (κ2) is 9.96. The first-order valence-corrected chi connectivity index (χ1v) is 9.77. The van der Waals surface area contributed by atoms with Crippen LogP contribution in [0.1, 0.15) is 63.9 Å². The summed E-state index contributed by atoms with van der Waals surface area (Å²) >= 11 is 0. The highest BCUT2D eigenvalue weighted by Gasteiger charge is 2.13. The summed E-state index contributed by atoms with van der Waals surface area (Å²) in [5, 5.41) is 0. The molecule has 3 nitrogen and oxygen atoms in total. The number of benzene rings is 1. The molecule has 120 valence electrons. The van der Waals surface area contributed by atoms with Crippen molar-refractivity contribution < 1.29 is 8.42 Å². The summed E-state index contributed by atoms with van der Waals surface area (Å²) in [5.41, 5.74) is 6.48. The van der Waals surface area contributed by atoms with Gasteiger partial charge >= 0.3 is 0 Å². The lowest BCUT2D eigenvalue weighted by molar-refractivity contribution is 0.572. The van der Waals surface area contributed by atoms with Crippen LogP contribution >= 0.6 is 0 Å². The molecule has 1 rings (SSSR count). The lowest BCUT2D eigenvalue weighted by atomic mass is 10.1. The van der Waals surface area contributed by atoms with E-state index in [0.29, 0.717) is 11.4 Å². The van der Waals surface area contributed by atoms with Crippen LogP contribution in [0, 0.1) is 0 Å². The van der Waals surface area contributed by atoms with Crippen molar-refractivity contribution in [2.45, 2.75) is 69.7 Å². The molecular weight excluding hydrogens is 282 g/mol. The van der Waals surface area contributed by atoms with Gasteiger partial charge in [-0.1, -0.05) is 64.0 Å². The zero-order valence-electron chi connectivity index (χ0n) is 13.2. The standard InChI is InChI=1S/C17H29NO2S/c1-2-3-4-5-6-7-8-9-14-21(19,20)17-12-10-16(15-18)11-13-17/h10-13H,2-9,14-15,18H2,1H3. The van der Waals surface area contributed by atoms with E-state index < -0.39 is 9.84 Å². The number of hydrogen-bond donors (Lipinski definition) is 1. The Labute approximate surface area is 129 Å². The molecule has 21 heavy (non-hydrogen) atoms. The fourth-order valence-electron chi connectivity index (χ4n) is 2.38. The van der Waals surface area contributed by atoms with Crippen molar-refractivity contribution in [1.29, 1.82) is 0 Å². The van der Waals surface area contributed by atoms with E-state index in [1.54, 1.807) is 24.3 Å². The molecule has 0 radical (unpaired) electrons. The molecule has 1 aromatic carbocycles. The molecule has 4 heteroatoms. The number of nitrogens with two attached hydrogens (primary N) is 1. The molecule has 1 aromatic rings. The molecule has 0 fully saturated rings. The van der Waals surface area contributed by atoms with E-state index in [0.717, 1.165) is 24.8 Å². The minimum Gasteiger partial charge on any atom is -0.326 e. The Bertz CT molecular complexity index is 480. The second-order valence-electron chi connectivity index (χ2n) is 5.64. The zero-order chi connectivity index (χ0) is 15.6. The van der Waals surface area contributed by atoms with Crippen molar-refractivity contribution in [3.63, 3.8) is 0 Å². The predicted molar refractivity (Wildman–Crippen MR) is 89.0 cm³/mol. The average molecular weight is 311 g/mol. The molecule has 0 atom stereocenters. The third-order valence-corrected chi connectivity index (χ3v) is 5.60. The Balaban J connectivity index is 2.26. The third kappa shape index (κ3) is 7.09. The Morgan fingerprint density at radius 2 is 1.38 bits per heavy atom. The van der Waals surface area contributed by atoms with Gasteiger partial charge in [-0.15, -0.1) is 0 Å². The maximum Gasteiger partial charge on any atom is 0.178 e. The molecule has 0 aliphatic heterocycles. The van der Waals surface area contributed by atoms with Crippen molar-refractivity contribution in [3.8, 4) is 0 Å². The highest BCUT2D eigenvalue weighted by molar-refractivity contribution is 7.91. The smallest absolute Gasteiger partial charge is 0.178 e. The minimum absolute atomic E-state index is 0.254. The zero-order valence-corrected chi connectivity index (χ0v) is 14.0. The van der Waals surface area contributed by atoms with Crippen molar-refractivity contribution in [3.05, 3.63) is 29.8 Å². The first kappa shape index (κ1) is 18.2.